The smallest absolute Gasteiger partial charge is 0.164 e. The van der Waals surface area contributed by atoms with Crippen molar-refractivity contribution >= 4 is 0 Å². The standard InChI is InChI=1S/C13H12F3N3/c1-7-4-5-8(11(16)10(7)15)12(19-17)13-9(14)3-2-6-18-13/h2-6,12,19H,17H2,1H3. The summed E-state index contributed by atoms with van der Waals surface area (Å²) in [6.07, 6.45) is 1.35. The molecular formula is C13H12F3N3. The van der Waals surface area contributed by atoms with Gasteiger partial charge < -0.3 is 0 Å². The summed E-state index contributed by atoms with van der Waals surface area (Å²) in [6.45, 7) is 1.44. The van der Waals surface area contributed by atoms with Crippen LogP contribution in [-0.2, 0) is 0 Å². The Bertz CT molecular complexity index is 602. The molecule has 2 aromatic rings. The molecule has 6 heteroatoms. The number of hydrogen-bond donors (Lipinski definition) is 2. The van der Waals surface area contributed by atoms with Gasteiger partial charge in [-0.2, -0.15) is 0 Å². The molecule has 0 saturated heterocycles. The number of hydrazine groups is 1. The van der Waals surface area contributed by atoms with Crippen molar-refractivity contribution in [2.75, 3.05) is 0 Å². The van der Waals surface area contributed by atoms with Gasteiger partial charge in [0.25, 0.3) is 0 Å². The molecule has 0 bridgehead atoms. The highest BCUT2D eigenvalue weighted by Gasteiger charge is 2.23. The zero-order valence-electron chi connectivity index (χ0n) is 10.1. The predicted octanol–water partition coefficient (Wildman–Crippen LogP) is 2.36. The lowest BCUT2D eigenvalue weighted by molar-refractivity contribution is 0.469. The van der Waals surface area contributed by atoms with Crippen LogP contribution in [0.1, 0.15) is 22.9 Å². The van der Waals surface area contributed by atoms with Gasteiger partial charge in [0.2, 0.25) is 0 Å². The van der Waals surface area contributed by atoms with Gasteiger partial charge in [0.15, 0.2) is 11.6 Å². The first-order valence-corrected chi connectivity index (χ1v) is 5.57. The number of aryl methyl sites for hydroxylation is 1. The molecule has 0 saturated carbocycles. The van der Waals surface area contributed by atoms with E-state index >= 15 is 0 Å². The minimum absolute atomic E-state index is 0.0906. The molecule has 0 fully saturated rings. The van der Waals surface area contributed by atoms with Crippen LogP contribution in [-0.4, -0.2) is 4.98 Å². The van der Waals surface area contributed by atoms with E-state index < -0.39 is 23.5 Å². The normalized spacial score (nSPS) is 12.5. The number of rotatable bonds is 3. The largest absolute Gasteiger partial charge is 0.271 e. The third-order valence-corrected chi connectivity index (χ3v) is 2.84. The zero-order chi connectivity index (χ0) is 14.0. The lowest BCUT2D eigenvalue weighted by Crippen LogP contribution is -2.31. The fraction of sp³-hybridized carbons (Fsp3) is 0.154. The van der Waals surface area contributed by atoms with Crippen LogP contribution < -0.4 is 11.3 Å². The van der Waals surface area contributed by atoms with Gasteiger partial charge in [-0.1, -0.05) is 12.1 Å². The van der Waals surface area contributed by atoms with Crippen LogP contribution in [0.3, 0.4) is 0 Å². The van der Waals surface area contributed by atoms with E-state index in [2.05, 4.69) is 10.4 Å². The molecule has 19 heavy (non-hydrogen) atoms. The number of nitrogens with zero attached hydrogens (tertiary/aromatic N) is 1. The van der Waals surface area contributed by atoms with E-state index in [1.807, 2.05) is 0 Å². The van der Waals surface area contributed by atoms with E-state index in [0.29, 0.717) is 0 Å². The highest BCUT2D eigenvalue weighted by Crippen LogP contribution is 2.26. The maximum atomic E-state index is 13.9. The van der Waals surface area contributed by atoms with Gasteiger partial charge in [-0.15, -0.1) is 0 Å². The summed E-state index contributed by atoms with van der Waals surface area (Å²) in [5, 5.41) is 0. The molecule has 0 aliphatic rings. The number of halogens is 3. The van der Waals surface area contributed by atoms with E-state index in [9.17, 15) is 13.2 Å². The molecule has 100 valence electrons. The third kappa shape index (κ3) is 2.45. The topological polar surface area (TPSA) is 50.9 Å². The average Bonchev–Trinajstić information content (AvgIpc) is 2.41. The second-order valence-electron chi connectivity index (χ2n) is 4.07. The summed E-state index contributed by atoms with van der Waals surface area (Å²) in [6, 6.07) is 4.27. The van der Waals surface area contributed by atoms with Gasteiger partial charge in [0.05, 0.1) is 11.7 Å². The van der Waals surface area contributed by atoms with Crippen LogP contribution in [0.4, 0.5) is 13.2 Å². The van der Waals surface area contributed by atoms with E-state index in [4.69, 9.17) is 5.84 Å². The van der Waals surface area contributed by atoms with Gasteiger partial charge in [0.1, 0.15) is 5.82 Å². The molecule has 3 N–H and O–H groups in total. The SMILES string of the molecule is Cc1ccc(C(NN)c2ncccc2F)c(F)c1F. The monoisotopic (exact) mass is 267 g/mol. The van der Waals surface area contributed by atoms with Crippen molar-refractivity contribution in [1.29, 1.82) is 0 Å². The molecule has 1 aromatic carbocycles. The van der Waals surface area contributed by atoms with Crippen molar-refractivity contribution < 1.29 is 13.2 Å². The zero-order valence-corrected chi connectivity index (χ0v) is 10.1. The number of nitrogens with one attached hydrogen (secondary N) is 1. The Labute approximate surface area is 108 Å². The highest BCUT2D eigenvalue weighted by molar-refractivity contribution is 5.33. The van der Waals surface area contributed by atoms with E-state index in [-0.39, 0.29) is 16.8 Å². The van der Waals surface area contributed by atoms with Crippen LogP contribution in [0.15, 0.2) is 30.5 Å². The quantitative estimate of drug-likeness (QED) is 0.663. The van der Waals surface area contributed by atoms with Crippen LogP contribution >= 0.6 is 0 Å². The highest BCUT2D eigenvalue weighted by atomic mass is 19.2. The average molecular weight is 267 g/mol. The first-order chi connectivity index (χ1) is 9.06. The van der Waals surface area contributed by atoms with Gasteiger partial charge in [-0.3, -0.25) is 10.8 Å². The molecule has 1 unspecified atom stereocenters. The van der Waals surface area contributed by atoms with Crippen molar-refractivity contribution in [3.8, 4) is 0 Å². The number of pyridine rings is 1. The van der Waals surface area contributed by atoms with Gasteiger partial charge in [0, 0.05) is 11.8 Å². The summed E-state index contributed by atoms with van der Waals surface area (Å²) in [4.78, 5) is 3.81. The fourth-order valence-electron chi connectivity index (χ4n) is 1.81. The molecule has 1 aromatic heterocycles. The number of hydrogen-bond acceptors (Lipinski definition) is 3. The minimum atomic E-state index is -1.06. The van der Waals surface area contributed by atoms with Gasteiger partial charge in [-0.05, 0) is 24.6 Å². The molecule has 1 atom stereocenters. The fourth-order valence-corrected chi connectivity index (χ4v) is 1.81. The first kappa shape index (κ1) is 13.5. The Hall–Kier alpha value is -1.92. The Kier molecular flexibility index (Phi) is 3.82. The number of aromatic nitrogens is 1. The predicted molar refractivity (Wildman–Crippen MR) is 64.5 cm³/mol. The molecule has 1 heterocycles. The molecule has 3 nitrogen and oxygen atoms in total. The van der Waals surface area contributed by atoms with Crippen molar-refractivity contribution in [3.05, 3.63) is 64.7 Å². The van der Waals surface area contributed by atoms with Gasteiger partial charge in [-0.25, -0.2) is 18.6 Å². The third-order valence-electron chi connectivity index (χ3n) is 2.84. The molecular weight excluding hydrogens is 255 g/mol. The Morgan fingerprint density at radius 3 is 2.53 bits per heavy atom. The molecule has 0 amide bonds. The summed E-state index contributed by atoms with van der Waals surface area (Å²) < 4.78 is 41.1. The van der Waals surface area contributed by atoms with Crippen molar-refractivity contribution in [2.24, 2.45) is 5.84 Å². The molecule has 0 radical (unpaired) electrons. The van der Waals surface area contributed by atoms with Gasteiger partial charge >= 0.3 is 0 Å². The van der Waals surface area contributed by atoms with Crippen LogP contribution in [0.5, 0.6) is 0 Å². The van der Waals surface area contributed by atoms with Crippen molar-refractivity contribution in [3.63, 3.8) is 0 Å². The molecule has 0 aliphatic carbocycles. The van der Waals surface area contributed by atoms with E-state index in [1.54, 1.807) is 0 Å². The maximum Gasteiger partial charge on any atom is 0.164 e. The summed E-state index contributed by atoms with van der Waals surface area (Å²) in [5.74, 6) is 2.63. The van der Waals surface area contributed by atoms with E-state index in [0.717, 1.165) is 0 Å². The molecule has 2 rings (SSSR count). The Balaban J connectivity index is 2.55. The van der Waals surface area contributed by atoms with Crippen molar-refractivity contribution in [1.82, 2.24) is 10.4 Å². The van der Waals surface area contributed by atoms with Crippen LogP contribution in [0, 0.1) is 24.4 Å². The van der Waals surface area contributed by atoms with Crippen molar-refractivity contribution in [2.45, 2.75) is 13.0 Å². The second kappa shape index (κ2) is 5.38. The number of nitrogens with two attached hydrogens (primary N) is 1. The second-order valence-corrected chi connectivity index (χ2v) is 4.07. The Morgan fingerprint density at radius 2 is 1.89 bits per heavy atom. The van der Waals surface area contributed by atoms with E-state index in [1.165, 1.54) is 37.4 Å². The lowest BCUT2D eigenvalue weighted by atomic mass is 10.0. The summed E-state index contributed by atoms with van der Waals surface area (Å²) in [5.41, 5.74) is 2.23. The lowest BCUT2D eigenvalue weighted by Gasteiger charge is -2.17. The number of benzene rings is 1. The Morgan fingerprint density at radius 1 is 1.16 bits per heavy atom. The maximum absolute atomic E-state index is 13.9. The molecule has 0 aliphatic heterocycles. The summed E-state index contributed by atoms with van der Waals surface area (Å²) >= 11 is 0. The minimum Gasteiger partial charge on any atom is -0.271 e. The molecule has 0 spiro atoms. The van der Waals surface area contributed by atoms with Crippen LogP contribution in [0.25, 0.3) is 0 Å². The first-order valence-electron chi connectivity index (χ1n) is 5.57. The van der Waals surface area contributed by atoms with Crippen LogP contribution in [0.2, 0.25) is 0 Å². The summed E-state index contributed by atoms with van der Waals surface area (Å²) in [7, 11) is 0.